The predicted molar refractivity (Wildman–Crippen MR) is 73.2 cm³/mol. The second kappa shape index (κ2) is 6.49. The van der Waals surface area contributed by atoms with Crippen LogP contribution in [0.25, 0.3) is 0 Å². The molecule has 0 aliphatic carbocycles. The molecule has 0 unspecified atom stereocenters. The standard InChI is InChI=1S/C13H20N4O2/c1-10-2-3-15-13(11(10)12(14)18)16-4-5-17-6-8-19-9-7-17/h2-3H,4-9H2,1H3,(H2,14,18)(H,15,16). The van der Waals surface area contributed by atoms with Gasteiger partial charge in [0.1, 0.15) is 5.82 Å². The number of aryl methyl sites for hydroxylation is 1. The number of pyridine rings is 1. The van der Waals surface area contributed by atoms with Gasteiger partial charge in [0.15, 0.2) is 0 Å². The molecule has 1 aliphatic heterocycles. The molecular formula is C13H20N4O2. The number of aromatic nitrogens is 1. The number of amides is 1. The van der Waals surface area contributed by atoms with Gasteiger partial charge >= 0.3 is 0 Å². The number of morpholine rings is 1. The predicted octanol–water partition coefficient (Wildman–Crippen LogP) is 0.233. The Labute approximate surface area is 112 Å². The van der Waals surface area contributed by atoms with E-state index < -0.39 is 5.91 Å². The van der Waals surface area contributed by atoms with Gasteiger partial charge in [-0.25, -0.2) is 4.98 Å². The first-order chi connectivity index (χ1) is 9.18. The molecule has 0 spiro atoms. The summed E-state index contributed by atoms with van der Waals surface area (Å²) in [6.45, 7) is 6.96. The highest BCUT2D eigenvalue weighted by Gasteiger charge is 2.13. The van der Waals surface area contributed by atoms with E-state index in [1.807, 2.05) is 6.92 Å². The molecule has 0 saturated carbocycles. The fraction of sp³-hybridized carbons (Fsp3) is 0.538. The normalized spacial score (nSPS) is 16.3. The number of nitrogens with two attached hydrogens (primary N) is 1. The first-order valence-corrected chi connectivity index (χ1v) is 6.48. The van der Waals surface area contributed by atoms with Crippen molar-refractivity contribution >= 4 is 11.7 Å². The van der Waals surface area contributed by atoms with E-state index in [1.54, 1.807) is 12.3 Å². The number of carbonyl (C=O) groups excluding carboxylic acids is 1. The van der Waals surface area contributed by atoms with Crippen LogP contribution in [-0.4, -0.2) is 55.2 Å². The topological polar surface area (TPSA) is 80.5 Å². The third-order valence-electron chi connectivity index (χ3n) is 3.23. The molecule has 104 valence electrons. The molecule has 19 heavy (non-hydrogen) atoms. The van der Waals surface area contributed by atoms with Gasteiger partial charge in [0.2, 0.25) is 0 Å². The number of ether oxygens (including phenoxy) is 1. The molecule has 0 radical (unpaired) electrons. The van der Waals surface area contributed by atoms with Crippen LogP contribution < -0.4 is 11.1 Å². The lowest BCUT2D eigenvalue weighted by Crippen LogP contribution is -2.39. The van der Waals surface area contributed by atoms with E-state index in [4.69, 9.17) is 10.5 Å². The van der Waals surface area contributed by atoms with E-state index >= 15 is 0 Å². The van der Waals surface area contributed by atoms with Gasteiger partial charge in [-0.2, -0.15) is 0 Å². The maximum absolute atomic E-state index is 11.4. The molecule has 0 atom stereocenters. The molecule has 6 heteroatoms. The zero-order chi connectivity index (χ0) is 13.7. The van der Waals surface area contributed by atoms with Gasteiger partial charge in [-0.15, -0.1) is 0 Å². The molecule has 1 aliphatic rings. The summed E-state index contributed by atoms with van der Waals surface area (Å²) in [5, 5.41) is 3.19. The molecular weight excluding hydrogens is 244 g/mol. The van der Waals surface area contributed by atoms with E-state index in [9.17, 15) is 4.79 Å². The highest BCUT2D eigenvalue weighted by Crippen LogP contribution is 2.15. The molecule has 6 nitrogen and oxygen atoms in total. The Balaban J connectivity index is 1.92. The van der Waals surface area contributed by atoms with Crippen molar-refractivity contribution in [1.29, 1.82) is 0 Å². The molecule has 1 amide bonds. The van der Waals surface area contributed by atoms with E-state index in [2.05, 4.69) is 15.2 Å². The molecule has 1 saturated heterocycles. The van der Waals surface area contributed by atoms with Gasteiger partial charge in [0, 0.05) is 32.4 Å². The lowest BCUT2D eigenvalue weighted by atomic mass is 10.1. The van der Waals surface area contributed by atoms with Crippen molar-refractivity contribution in [1.82, 2.24) is 9.88 Å². The summed E-state index contributed by atoms with van der Waals surface area (Å²) < 4.78 is 5.30. The Hall–Kier alpha value is -1.66. The summed E-state index contributed by atoms with van der Waals surface area (Å²) in [6, 6.07) is 1.78. The number of hydrogen-bond acceptors (Lipinski definition) is 5. The second-order valence-corrected chi connectivity index (χ2v) is 4.60. The van der Waals surface area contributed by atoms with Crippen LogP contribution in [0.2, 0.25) is 0 Å². The Bertz CT molecular complexity index is 444. The molecule has 1 aromatic heterocycles. The van der Waals surface area contributed by atoms with E-state index in [-0.39, 0.29) is 0 Å². The first-order valence-electron chi connectivity index (χ1n) is 6.48. The van der Waals surface area contributed by atoms with Crippen LogP contribution in [-0.2, 0) is 4.74 Å². The molecule has 2 heterocycles. The van der Waals surface area contributed by atoms with Crippen molar-refractivity contribution in [3.63, 3.8) is 0 Å². The summed E-state index contributed by atoms with van der Waals surface area (Å²) in [4.78, 5) is 17.9. The third kappa shape index (κ3) is 3.65. The highest BCUT2D eigenvalue weighted by atomic mass is 16.5. The molecule has 1 aromatic rings. The zero-order valence-electron chi connectivity index (χ0n) is 11.2. The van der Waals surface area contributed by atoms with Crippen molar-refractivity contribution in [3.05, 3.63) is 23.4 Å². The molecule has 2 rings (SSSR count). The summed E-state index contributed by atoms with van der Waals surface area (Å²) in [6.07, 6.45) is 1.68. The summed E-state index contributed by atoms with van der Waals surface area (Å²) in [5.74, 6) is 0.125. The smallest absolute Gasteiger partial charge is 0.252 e. The van der Waals surface area contributed by atoms with Crippen LogP contribution in [0.4, 0.5) is 5.82 Å². The maximum Gasteiger partial charge on any atom is 0.252 e. The van der Waals surface area contributed by atoms with Crippen LogP contribution in [0.1, 0.15) is 15.9 Å². The van der Waals surface area contributed by atoms with E-state index in [1.165, 1.54) is 0 Å². The monoisotopic (exact) mass is 264 g/mol. The fourth-order valence-corrected chi connectivity index (χ4v) is 2.16. The SMILES string of the molecule is Cc1ccnc(NCCN2CCOCC2)c1C(N)=O. The zero-order valence-corrected chi connectivity index (χ0v) is 11.2. The number of hydrogen-bond donors (Lipinski definition) is 2. The number of nitrogens with one attached hydrogen (secondary N) is 1. The first kappa shape index (κ1) is 13.8. The summed E-state index contributed by atoms with van der Waals surface area (Å²) >= 11 is 0. The Morgan fingerprint density at radius 1 is 1.53 bits per heavy atom. The molecule has 3 N–H and O–H groups in total. The van der Waals surface area contributed by atoms with Crippen molar-refractivity contribution in [2.24, 2.45) is 5.73 Å². The minimum atomic E-state index is -0.445. The van der Waals surface area contributed by atoms with Crippen LogP contribution in [0.15, 0.2) is 12.3 Å². The van der Waals surface area contributed by atoms with Gasteiger partial charge in [-0.05, 0) is 18.6 Å². The number of primary amides is 1. The second-order valence-electron chi connectivity index (χ2n) is 4.60. The summed E-state index contributed by atoms with van der Waals surface area (Å²) in [5.41, 5.74) is 6.70. The van der Waals surface area contributed by atoms with Crippen molar-refractivity contribution in [2.75, 3.05) is 44.7 Å². The van der Waals surface area contributed by atoms with Gasteiger partial charge in [0.25, 0.3) is 5.91 Å². The average molecular weight is 264 g/mol. The Kier molecular flexibility index (Phi) is 4.70. The Morgan fingerprint density at radius 2 is 2.26 bits per heavy atom. The third-order valence-corrected chi connectivity index (χ3v) is 3.23. The van der Waals surface area contributed by atoms with Gasteiger partial charge in [-0.1, -0.05) is 0 Å². The molecule has 0 bridgehead atoms. The molecule has 0 aromatic carbocycles. The minimum Gasteiger partial charge on any atom is -0.379 e. The van der Waals surface area contributed by atoms with E-state index in [0.29, 0.717) is 11.4 Å². The van der Waals surface area contributed by atoms with Gasteiger partial charge in [0.05, 0.1) is 18.8 Å². The number of rotatable bonds is 5. The minimum absolute atomic E-state index is 0.445. The van der Waals surface area contributed by atoms with Gasteiger partial charge in [-0.3, -0.25) is 9.69 Å². The van der Waals surface area contributed by atoms with Crippen LogP contribution in [0.5, 0.6) is 0 Å². The highest BCUT2D eigenvalue weighted by molar-refractivity contribution is 5.98. The number of nitrogens with zero attached hydrogens (tertiary/aromatic N) is 2. The number of anilines is 1. The van der Waals surface area contributed by atoms with Crippen LogP contribution in [0, 0.1) is 6.92 Å². The lowest BCUT2D eigenvalue weighted by Gasteiger charge is -2.26. The fourth-order valence-electron chi connectivity index (χ4n) is 2.16. The maximum atomic E-state index is 11.4. The number of carbonyl (C=O) groups is 1. The lowest BCUT2D eigenvalue weighted by molar-refractivity contribution is 0.0398. The Morgan fingerprint density at radius 3 is 2.95 bits per heavy atom. The van der Waals surface area contributed by atoms with Crippen molar-refractivity contribution < 1.29 is 9.53 Å². The van der Waals surface area contributed by atoms with E-state index in [0.717, 1.165) is 45.0 Å². The summed E-state index contributed by atoms with van der Waals surface area (Å²) in [7, 11) is 0. The van der Waals surface area contributed by atoms with Gasteiger partial charge < -0.3 is 15.8 Å². The van der Waals surface area contributed by atoms with Crippen LogP contribution >= 0.6 is 0 Å². The van der Waals surface area contributed by atoms with Crippen molar-refractivity contribution in [3.8, 4) is 0 Å². The average Bonchev–Trinajstić information content (AvgIpc) is 2.39. The largest absolute Gasteiger partial charge is 0.379 e. The quantitative estimate of drug-likeness (QED) is 0.796. The molecule has 1 fully saturated rings. The van der Waals surface area contributed by atoms with Crippen LogP contribution in [0.3, 0.4) is 0 Å². The van der Waals surface area contributed by atoms with Crippen molar-refractivity contribution in [2.45, 2.75) is 6.92 Å².